The van der Waals surface area contributed by atoms with Gasteiger partial charge in [-0.3, -0.25) is 4.99 Å². The van der Waals surface area contributed by atoms with Crippen LogP contribution in [0, 0.1) is 0 Å². The van der Waals surface area contributed by atoms with E-state index >= 15 is 0 Å². The fourth-order valence-electron chi connectivity index (χ4n) is 2.09. The molecule has 0 bridgehead atoms. The summed E-state index contributed by atoms with van der Waals surface area (Å²) in [5.74, 6) is 2.23. The first-order chi connectivity index (χ1) is 9.35. The Morgan fingerprint density at radius 1 is 1.38 bits per heavy atom. The molecule has 0 saturated carbocycles. The number of aliphatic imine (C=N–C) groups is 1. The topological polar surface area (TPSA) is 70.6 Å². The van der Waals surface area contributed by atoms with Crippen LogP contribution in [0.3, 0.4) is 0 Å². The van der Waals surface area contributed by atoms with Crippen LogP contribution in [0.4, 0.5) is 0 Å². The standard InChI is InChI=1S/C13H27N3O2S2.HI/c1-4-14-12(15-8-6-10-20(3,17)18)16-11-13(2)7-5-9-19-13;/h4-11H2,1-3H3,(H2,14,15,16);1H. The lowest BCUT2D eigenvalue weighted by atomic mass is 10.1. The van der Waals surface area contributed by atoms with Gasteiger partial charge in [-0.05, 0) is 38.9 Å². The molecule has 1 atom stereocenters. The van der Waals surface area contributed by atoms with E-state index in [1.807, 2.05) is 18.7 Å². The van der Waals surface area contributed by atoms with Gasteiger partial charge < -0.3 is 10.6 Å². The average Bonchev–Trinajstić information content (AvgIpc) is 2.78. The van der Waals surface area contributed by atoms with Gasteiger partial charge in [-0.2, -0.15) is 11.8 Å². The third-order valence-electron chi connectivity index (χ3n) is 3.20. The summed E-state index contributed by atoms with van der Waals surface area (Å²) in [6.45, 7) is 6.53. The molecule has 2 N–H and O–H groups in total. The minimum atomic E-state index is -2.87. The molecule has 0 spiro atoms. The Hall–Kier alpha value is 0.300. The second-order valence-electron chi connectivity index (χ2n) is 5.51. The van der Waals surface area contributed by atoms with Crippen LogP contribution in [0.25, 0.3) is 0 Å². The molecule has 126 valence electrons. The summed E-state index contributed by atoms with van der Waals surface area (Å²) in [6.07, 6.45) is 4.36. The monoisotopic (exact) mass is 449 g/mol. The zero-order chi connectivity index (χ0) is 15.1. The van der Waals surface area contributed by atoms with Crippen molar-refractivity contribution >= 4 is 51.5 Å². The molecular weight excluding hydrogens is 421 g/mol. The molecule has 5 nitrogen and oxygen atoms in total. The van der Waals surface area contributed by atoms with E-state index in [0.29, 0.717) is 13.0 Å². The van der Waals surface area contributed by atoms with Crippen LogP contribution in [-0.2, 0) is 9.84 Å². The number of hydrogen-bond donors (Lipinski definition) is 2. The van der Waals surface area contributed by atoms with Gasteiger partial charge in [-0.15, -0.1) is 24.0 Å². The number of nitrogens with zero attached hydrogens (tertiary/aromatic N) is 1. The molecule has 1 aliphatic heterocycles. The molecule has 1 aliphatic rings. The summed E-state index contributed by atoms with van der Waals surface area (Å²) >= 11 is 1.99. The van der Waals surface area contributed by atoms with Gasteiger partial charge in [-0.25, -0.2) is 8.42 Å². The first-order valence-electron chi connectivity index (χ1n) is 7.18. The summed E-state index contributed by atoms with van der Waals surface area (Å²) in [5, 5.41) is 6.40. The Bertz CT molecular complexity index is 421. The van der Waals surface area contributed by atoms with Crippen LogP contribution in [-0.4, -0.2) is 56.5 Å². The summed E-state index contributed by atoms with van der Waals surface area (Å²) in [6, 6.07) is 0. The zero-order valence-electron chi connectivity index (χ0n) is 13.1. The summed E-state index contributed by atoms with van der Waals surface area (Å²) in [7, 11) is -2.87. The van der Waals surface area contributed by atoms with E-state index in [1.54, 1.807) is 0 Å². The average molecular weight is 449 g/mol. The Morgan fingerprint density at radius 3 is 2.62 bits per heavy atom. The first kappa shape index (κ1) is 21.3. The summed E-state index contributed by atoms with van der Waals surface area (Å²) in [4.78, 5) is 4.63. The zero-order valence-corrected chi connectivity index (χ0v) is 17.1. The number of nitrogens with one attached hydrogen (secondary N) is 2. The SMILES string of the molecule is CCNC(=NCC1(C)CCCS1)NCCCS(C)(=O)=O.I. The third-order valence-corrected chi connectivity index (χ3v) is 5.75. The molecule has 1 unspecified atom stereocenters. The van der Waals surface area contributed by atoms with Gasteiger partial charge in [0.1, 0.15) is 9.84 Å². The number of halogens is 1. The van der Waals surface area contributed by atoms with E-state index in [4.69, 9.17) is 0 Å². The predicted molar refractivity (Wildman–Crippen MR) is 104 cm³/mol. The third kappa shape index (κ3) is 9.83. The normalized spacial score (nSPS) is 22.7. The van der Waals surface area contributed by atoms with Crippen LogP contribution in [0.15, 0.2) is 4.99 Å². The molecule has 0 aromatic carbocycles. The van der Waals surface area contributed by atoms with Crippen molar-refractivity contribution in [2.45, 2.75) is 37.9 Å². The fraction of sp³-hybridized carbons (Fsp3) is 0.923. The van der Waals surface area contributed by atoms with Crippen molar-refractivity contribution in [1.29, 1.82) is 0 Å². The molecule has 21 heavy (non-hydrogen) atoms. The van der Waals surface area contributed by atoms with Crippen LogP contribution >= 0.6 is 35.7 Å². The molecule has 1 rings (SSSR count). The minimum absolute atomic E-state index is 0. The van der Waals surface area contributed by atoms with Crippen LogP contribution < -0.4 is 10.6 Å². The Labute approximate surface area is 150 Å². The molecule has 0 amide bonds. The van der Waals surface area contributed by atoms with Gasteiger partial charge in [0, 0.05) is 24.1 Å². The molecule has 1 heterocycles. The number of hydrogen-bond acceptors (Lipinski definition) is 4. The fourth-order valence-corrected chi connectivity index (χ4v) is 3.99. The van der Waals surface area contributed by atoms with Crippen molar-refractivity contribution in [1.82, 2.24) is 10.6 Å². The highest BCUT2D eigenvalue weighted by atomic mass is 127. The van der Waals surface area contributed by atoms with Crippen molar-refractivity contribution < 1.29 is 8.42 Å². The smallest absolute Gasteiger partial charge is 0.191 e. The minimum Gasteiger partial charge on any atom is -0.357 e. The molecule has 8 heteroatoms. The van der Waals surface area contributed by atoms with E-state index in [9.17, 15) is 8.42 Å². The molecule has 1 saturated heterocycles. The van der Waals surface area contributed by atoms with Crippen molar-refractivity contribution in [2.24, 2.45) is 4.99 Å². The molecule has 0 radical (unpaired) electrons. The number of rotatable bonds is 7. The Balaban J connectivity index is 0.00000400. The second-order valence-corrected chi connectivity index (χ2v) is 9.45. The highest BCUT2D eigenvalue weighted by Crippen LogP contribution is 2.37. The van der Waals surface area contributed by atoms with E-state index in [2.05, 4.69) is 22.5 Å². The van der Waals surface area contributed by atoms with Crippen molar-refractivity contribution in [2.75, 3.05) is 37.4 Å². The largest absolute Gasteiger partial charge is 0.357 e. The summed E-state index contributed by atoms with van der Waals surface area (Å²) in [5.41, 5.74) is 0. The van der Waals surface area contributed by atoms with E-state index in [0.717, 1.165) is 19.0 Å². The van der Waals surface area contributed by atoms with Crippen LogP contribution in [0.5, 0.6) is 0 Å². The van der Waals surface area contributed by atoms with E-state index in [1.165, 1.54) is 24.9 Å². The van der Waals surface area contributed by atoms with Crippen molar-refractivity contribution in [3.8, 4) is 0 Å². The predicted octanol–water partition coefficient (Wildman–Crippen LogP) is 1.88. The molecular formula is C13H28IN3O2S2. The number of sulfone groups is 1. The van der Waals surface area contributed by atoms with Gasteiger partial charge in [0.25, 0.3) is 0 Å². The van der Waals surface area contributed by atoms with Gasteiger partial charge in [0.05, 0.1) is 12.3 Å². The number of guanidine groups is 1. The van der Waals surface area contributed by atoms with Gasteiger partial charge in [0.2, 0.25) is 0 Å². The Morgan fingerprint density at radius 2 is 2.10 bits per heavy atom. The van der Waals surface area contributed by atoms with Crippen molar-refractivity contribution in [3.63, 3.8) is 0 Å². The molecule has 0 aromatic heterocycles. The highest BCUT2D eigenvalue weighted by molar-refractivity contribution is 14.0. The maximum Gasteiger partial charge on any atom is 0.191 e. The lowest BCUT2D eigenvalue weighted by Gasteiger charge is -2.21. The van der Waals surface area contributed by atoms with Gasteiger partial charge in [0.15, 0.2) is 5.96 Å². The van der Waals surface area contributed by atoms with Crippen LogP contribution in [0.1, 0.15) is 33.1 Å². The van der Waals surface area contributed by atoms with E-state index < -0.39 is 9.84 Å². The highest BCUT2D eigenvalue weighted by Gasteiger charge is 2.29. The van der Waals surface area contributed by atoms with E-state index in [-0.39, 0.29) is 34.5 Å². The second kappa shape index (κ2) is 10.1. The molecule has 1 fully saturated rings. The maximum atomic E-state index is 11.1. The lowest BCUT2D eigenvalue weighted by Crippen LogP contribution is -2.39. The molecule has 0 aromatic rings. The van der Waals surface area contributed by atoms with Crippen LogP contribution in [0.2, 0.25) is 0 Å². The molecule has 0 aliphatic carbocycles. The lowest BCUT2D eigenvalue weighted by molar-refractivity contribution is 0.597. The Kier molecular flexibility index (Phi) is 10.3. The van der Waals surface area contributed by atoms with Gasteiger partial charge in [-0.1, -0.05) is 0 Å². The first-order valence-corrected chi connectivity index (χ1v) is 10.2. The summed E-state index contributed by atoms with van der Waals surface area (Å²) < 4.78 is 22.4. The van der Waals surface area contributed by atoms with Crippen molar-refractivity contribution in [3.05, 3.63) is 0 Å². The maximum absolute atomic E-state index is 11.1. The quantitative estimate of drug-likeness (QED) is 0.269. The number of thioether (sulfide) groups is 1. The van der Waals surface area contributed by atoms with Gasteiger partial charge >= 0.3 is 0 Å².